The molecule has 7 heteroatoms. The van der Waals surface area contributed by atoms with Crippen LogP contribution in [0.1, 0.15) is 28.5 Å². The molecule has 0 spiro atoms. The van der Waals surface area contributed by atoms with Gasteiger partial charge in [-0.15, -0.1) is 11.3 Å². The fourth-order valence-electron chi connectivity index (χ4n) is 3.12. The number of rotatable bonds is 5. The van der Waals surface area contributed by atoms with Crippen molar-refractivity contribution >= 4 is 44.9 Å². The van der Waals surface area contributed by atoms with Crippen molar-refractivity contribution in [1.82, 2.24) is 9.97 Å². The number of amides is 1. The Morgan fingerprint density at radius 2 is 2.00 bits per heavy atom. The van der Waals surface area contributed by atoms with E-state index in [4.69, 9.17) is 4.74 Å². The summed E-state index contributed by atoms with van der Waals surface area (Å²) in [6, 6.07) is 15.2. The highest BCUT2D eigenvalue weighted by Gasteiger charge is 2.19. The molecule has 146 valence electrons. The molecule has 0 fully saturated rings. The van der Waals surface area contributed by atoms with Crippen molar-refractivity contribution < 1.29 is 14.3 Å². The van der Waals surface area contributed by atoms with Gasteiger partial charge >= 0.3 is 5.97 Å². The largest absolute Gasteiger partial charge is 0.455 e. The zero-order valence-corrected chi connectivity index (χ0v) is 16.8. The van der Waals surface area contributed by atoms with Gasteiger partial charge in [-0.1, -0.05) is 30.3 Å². The zero-order valence-electron chi connectivity index (χ0n) is 16.0. The van der Waals surface area contributed by atoms with Crippen molar-refractivity contribution in [3.8, 4) is 0 Å². The minimum Gasteiger partial charge on any atom is -0.455 e. The van der Waals surface area contributed by atoms with Gasteiger partial charge in [-0.2, -0.15) is 0 Å². The number of aromatic nitrogens is 2. The number of nitrogens with zero attached hydrogens (tertiary/aromatic N) is 2. The molecule has 0 saturated heterocycles. The van der Waals surface area contributed by atoms with Crippen LogP contribution in [0.2, 0.25) is 0 Å². The number of para-hydroxylation sites is 1. The molecule has 0 bridgehead atoms. The number of H-pyrrole nitrogens is 1. The predicted octanol–water partition coefficient (Wildman–Crippen LogP) is 4.97. The predicted molar refractivity (Wildman–Crippen MR) is 114 cm³/mol. The second-order valence-electron chi connectivity index (χ2n) is 6.64. The van der Waals surface area contributed by atoms with Crippen molar-refractivity contribution in [2.45, 2.75) is 20.5 Å². The Morgan fingerprint density at radius 3 is 2.79 bits per heavy atom. The zero-order chi connectivity index (χ0) is 20.4. The van der Waals surface area contributed by atoms with Gasteiger partial charge < -0.3 is 9.72 Å². The second-order valence-corrected chi connectivity index (χ2v) is 7.48. The Morgan fingerprint density at radius 1 is 1.17 bits per heavy atom. The van der Waals surface area contributed by atoms with Gasteiger partial charge in [0.05, 0.1) is 16.9 Å². The van der Waals surface area contributed by atoms with Crippen LogP contribution in [-0.2, 0) is 16.1 Å². The summed E-state index contributed by atoms with van der Waals surface area (Å²) in [6.07, 6.45) is 1.65. The topological polar surface area (TPSA) is 75.3 Å². The van der Waals surface area contributed by atoms with E-state index < -0.39 is 5.97 Å². The maximum Gasteiger partial charge on any atom is 0.340 e. The van der Waals surface area contributed by atoms with Crippen LogP contribution < -0.4 is 4.90 Å². The molecular formula is C22H19N3O3S. The highest BCUT2D eigenvalue weighted by molar-refractivity contribution is 7.14. The maximum atomic E-state index is 12.5. The van der Waals surface area contributed by atoms with Crippen molar-refractivity contribution in [2.24, 2.45) is 0 Å². The lowest BCUT2D eigenvalue weighted by atomic mass is 10.2. The number of fused-ring (bicyclic) bond motifs is 1. The van der Waals surface area contributed by atoms with Crippen LogP contribution in [0.3, 0.4) is 0 Å². The molecule has 2 aromatic heterocycles. The molecule has 6 nitrogen and oxygen atoms in total. The van der Waals surface area contributed by atoms with E-state index in [9.17, 15) is 9.59 Å². The minimum atomic E-state index is -0.417. The van der Waals surface area contributed by atoms with Crippen LogP contribution in [-0.4, -0.2) is 21.8 Å². The molecule has 4 aromatic rings. The highest BCUT2D eigenvalue weighted by atomic mass is 32.1. The van der Waals surface area contributed by atoms with Gasteiger partial charge in [0.15, 0.2) is 5.13 Å². The van der Waals surface area contributed by atoms with Gasteiger partial charge in [0, 0.05) is 29.4 Å². The fraction of sp³-hybridized carbons (Fsp3) is 0.136. The molecule has 29 heavy (non-hydrogen) atoms. The van der Waals surface area contributed by atoms with E-state index in [0.29, 0.717) is 16.4 Å². The van der Waals surface area contributed by atoms with Gasteiger partial charge in [-0.05, 0) is 30.7 Å². The van der Waals surface area contributed by atoms with Crippen LogP contribution in [0.5, 0.6) is 0 Å². The Kier molecular flexibility index (Phi) is 5.14. The van der Waals surface area contributed by atoms with Crippen molar-refractivity contribution in [3.63, 3.8) is 0 Å². The molecule has 0 saturated carbocycles. The van der Waals surface area contributed by atoms with E-state index in [1.54, 1.807) is 16.5 Å². The quantitative estimate of drug-likeness (QED) is 0.476. The summed E-state index contributed by atoms with van der Waals surface area (Å²) < 4.78 is 5.44. The number of aryl methyl sites for hydroxylation is 1. The molecule has 0 aliphatic heterocycles. The third kappa shape index (κ3) is 3.90. The lowest BCUT2D eigenvalue weighted by molar-refractivity contribution is -0.115. The number of benzene rings is 2. The average Bonchev–Trinajstić information content (AvgIpc) is 3.33. The van der Waals surface area contributed by atoms with E-state index in [1.807, 2.05) is 55.5 Å². The molecule has 0 atom stereocenters. The summed E-state index contributed by atoms with van der Waals surface area (Å²) in [5.74, 6) is -0.550. The van der Waals surface area contributed by atoms with Gasteiger partial charge in [0.1, 0.15) is 6.61 Å². The number of hydrogen-bond donors (Lipinski definition) is 1. The SMILES string of the molecule is CC(=O)N(c1cccc(C)c1)c1nc(COC(=O)c2c[nH]c3ccccc23)cs1. The van der Waals surface area contributed by atoms with E-state index in [-0.39, 0.29) is 12.5 Å². The molecule has 4 rings (SSSR count). The number of carbonyl (C=O) groups is 2. The van der Waals surface area contributed by atoms with Crippen molar-refractivity contribution in [3.05, 3.63) is 76.9 Å². The molecule has 1 N–H and O–H groups in total. The first-order valence-corrected chi connectivity index (χ1v) is 9.96. The Hall–Kier alpha value is -3.45. The lowest BCUT2D eigenvalue weighted by Crippen LogP contribution is -2.22. The van der Waals surface area contributed by atoms with E-state index in [2.05, 4.69) is 9.97 Å². The maximum absolute atomic E-state index is 12.5. The monoisotopic (exact) mass is 405 g/mol. The number of aromatic amines is 1. The van der Waals surface area contributed by atoms with Gasteiger partial charge in [-0.3, -0.25) is 9.69 Å². The summed E-state index contributed by atoms with van der Waals surface area (Å²) in [4.78, 5) is 33.8. The first kappa shape index (κ1) is 18.9. The number of anilines is 2. The summed E-state index contributed by atoms with van der Waals surface area (Å²) in [5.41, 5.74) is 3.77. The van der Waals surface area contributed by atoms with Crippen molar-refractivity contribution in [2.75, 3.05) is 4.90 Å². The molecule has 0 aliphatic rings. The first-order chi connectivity index (χ1) is 14.0. The third-order valence-corrected chi connectivity index (χ3v) is 5.34. The van der Waals surface area contributed by atoms with Crippen LogP contribution in [0.15, 0.2) is 60.1 Å². The summed E-state index contributed by atoms with van der Waals surface area (Å²) in [6.45, 7) is 3.51. The van der Waals surface area contributed by atoms with Crippen LogP contribution in [0.25, 0.3) is 10.9 Å². The van der Waals surface area contributed by atoms with Crippen LogP contribution in [0.4, 0.5) is 10.8 Å². The first-order valence-electron chi connectivity index (χ1n) is 9.08. The number of esters is 1. The van der Waals surface area contributed by atoms with E-state index in [1.165, 1.54) is 18.3 Å². The molecule has 0 aliphatic carbocycles. The summed E-state index contributed by atoms with van der Waals surface area (Å²) in [7, 11) is 0. The van der Waals surface area contributed by atoms with E-state index in [0.717, 1.165) is 22.2 Å². The Labute approximate surface area is 171 Å². The number of ether oxygens (including phenoxy) is 1. The molecule has 1 amide bonds. The molecule has 2 aromatic carbocycles. The normalized spacial score (nSPS) is 10.8. The van der Waals surface area contributed by atoms with Gasteiger partial charge in [0.2, 0.25) is 5.91 Å². The third-order valence-electron chi connectivity index (χ3n) is 4.47. The number of hydrogen-bond acceptors (Lipinski definition) is 5. The number of thiazole rings is 1. The average molecular weight is 405 g/mol. The van der Waals surface area contributed by atoms with Gasteiger partial charge in [0.25, 0.3) is 0 Å². The lowest BCUT2D eigenvalue weighted by Gasteiger charge is -2.18. The number of carbonyl (C=O) groups excluding carboxylic acids is 2. The van der Waals surface area contributed by atoms with Crippen LogP contribution in [0, 0.1) is 6.92 Å². The number of nitrogens with one attached hydrogen (secondary N) is 1. The standard InChI is InChI=1S/C22H19N3O3S/c1-14-6-5-7-17(10-14)25(15(2)26)22-24-16(13-29-22)12-28-21(27)19-11-23-20-9-4-3-8-18(19)20/h3-11,13,23H,12H2,1-2H3. The molecule has 0 radical (unpaired) electrons. The van der Waals surface area contributed by atoms with Crippen LogP contribution >= 0.6 is 11.3 Å². The Bertz CT molecular complexity index is 1190. The fourth-order valence-corrected chi connectivity index (χ4v) is 3.99. The molecule has 2 heterocycles. The summed E-state index contributed by atoms with van der Waals surface area (Å²) >= 11 is 1.33. The Balaban J connectivity index is 1.50. The molecule has 0 unspecified atom stereocenters. The van der Waals surface area contributed by atoms with E-state index >= 15 is 0 Å². The smallest absolute Gasteiger partial charge is 0.340 e. The molecular weight excluding hydrogens is 386 g/mol. The van der Waals surface area contributed by atoms with Crippen molar-refractivity contribution in [1.29, 1.82) is 0 Å². The highest BCUT2D eigenvalue weighted by Crippen LogP contribution is 2.29. The second kappa shape index (κ2) is 7.89. The minimum absolute atomic E-state index is 0.0361. The van der Waals surface area contributed by atoms with Gasteiger partial charge in [-0.25, -0.2) is 9.78 Å². The summed E-state index contributed by atoms with van der Waals surface area (Å²) in [5, 5.41) is 3.16.